The van der Waals surface area contributed by atoms with Gasteiger partial charge in [0.25, 0.3) is 0 Å². The number of hydrogen-bond acceptors (Lipinski definition) is 3. The molecule has 0 fully saturated rings. The molecule has 102 valence electrons. The van der Waals surface area contributed by atoms with Crippen LogP contribution in [0, 0.1) is 0 Å². The number of nitrogens with one attached hydrogen (secondary N) is 2. The van der Waals surface area contributed by atoms with E-state index in [2.05, 4.69) is 10.0 Å². The Morgan fingerprint density at radius 2 is 2.00 bits per heavy atom. The van der Waals surface area contributed by atoms with Crippen LogP contribution in [0.2, 0.25) is 5.02 Å². The molecule has 18 heavy (non-hydrogen) atoms. The molecule has 0 spiro atoms. The van der Waals surface area contributed by atoms with E-state index in [0.717, 1.165) is 12.1 Å². The molecule has 2 N–H and O–H groups in total. The summed E-state index contributed by atoms with van der Waals surface area (Å²) in [5.74, 6) is 0. The summed E-state index contributed by atoms with van der Waals surface area (Å²) < 4.78 is 26.7. The maximum atomic E-state index is 12.1. The Kier molecular flexibility index (Phi) is 5.59. The summed E-state index contributed by atoms with van der Waals surface area (Å²) in [6.07, 6.45) is 0. The molecular weight excluding hydrogens is 272 g/mol. The van der Waals surface area contributed by atoms with Crippen LogP contribution in [0.25, 0.3) is 0 Å². The molecule has 0 unspecified atom stereocenters. The Hall–Kier alpha value is -0.620. The first-order chi connectivity index (χ1) is 8.36. The molecule has 0 saturated heterocycles. The fourth-order valence-electron chi connectivity index (χ4n) is 1.51. The molecule has 1 aromatic carbocycles. The van der Waals surface area contributed by atoms with E-state index in [4.69, 9.17) is 11.6 Å². The third-order valence-corrected chi connectivity index (χ3v) is 4.40. The van der Waals surface area contributed by atoms with E-state index in [1.54, 1.807) is 26.0 Å². The van der Waals surface area contributed by atoms with Crippen molar-refractivity contribution < 1.29 is 8.42 Å². The summed E-state index contributed by atoms with van der Waals surface area (Å²) in [5.41, 5.74) is 0.894. The lowest BCUT2D eigenvalue weighted by molar-refractivity contribution is 0.569. The second-order valence-electron chi connectivity index (χ2n) is 4.32. The molecule has 0 saturated carbocycles. The lowest BCUT2D eigenvalue weighted by atomic mass is 10.2. The van der Waals surface area contributed by atoms with E-state index in [1.165, 1.54) is 0 Å². The molecule has 0 atom stereocenters. The van der Waals surface area contributed by atoms with Gasteiger partial charge in [0.2, 0.25) is 10.0 Å². The highest BCUT2D eigenvalue weighted by molar-refractivity contribution is 7.89. The van der Waals surface area contributed by atoms with Gasteiger partial charge in [-0.2, -0.15) is 0 Å². The van der Waals surface area contributed by atoms with Crippen LogP contribution < -0.4 is 10.0 Å². The number of halogens is 1. The number of benzene rings is 1. The SMILES string of the molecule is CCNCc1ccc(Cl)c(S(=O)(=O)NC(C)C)c1. The van der Waals surface area contributed by atoms with Gasteiger partial charge in [-0.1, -0.05) is 24.6 Å². The molecule has 4 nitrogen and oxygen atoms in total. The maximum absolute atomic E-state index is 12.1. The first kappa shape index (κ1) is 15.4. The van der Waals surface area contributed by atoms with Crippen LogP contribution in [-0.2, 0) is 16.6 Å². The smallest absolute Gasteiger partial charge is 0.242 e. The van der Waals surface area contributed by atoms with Crippen LogP contribution in [0.5, 0.6) is 0 Å². The first-order valence-corrected chi connectivity index (χ1v) is 7.74. The molecule has 0 bridgehead atoms. The summed E-state index contributed by atoms with van der Waals surface area (Å²) in [7, 11) is -3.55. The second kappa shape index (κ2) is 6.52. The zero-order chi connectivity index (χ0) is 13.8. The van der Waals surface area contributed by atoms with Crippen molar-refractivity contribution >= 4 is 21.6 Å². The third-order valence-electron chi connectivity index (χ3n) is 2.26. The highest BCUT2D eigenvalue weighted by Crippen LogP contribution is 2.22. The van der Waals surface area contributed by atoms with Gasteiger partial charge in [-0.05, 0) is 38.1 Å². The van der Waals surface area contributed by atoms with Gasteiger partial charge < -0.3 is 5.32 Å². The van der Waals surface area contributed by atoms with Gasteiger partial charge in [0.15, 0.2) is 0 Å². The summed E-state index contributed by atoms with van der Waals surface area (Å²) in [5, 5.41) is 3.38. The Morgan fingerprint density at radius 1 is 1.33 bits per heavy atom. The first-order valence-electron chi connectivity index (χ1n) is 5.88. The monoisotopic (exact) mass is 290 g/mol. The van der Waals surface area contributed by atoms with Crippen molar-refractivity contribution in [3.63, 3.8) is 0 Å². The predicted octanol–water partition coefficient (Wildman–Crippen LogP) is 2.14. The Labute approximate surface area is 114 Å². The molecule has 0 aliphatic rings. The van der Waals surface area contributed by atoms with Crippen LogP contribution in [0.15, 0.2) is 23.1 Å². The molecular formula is C12H19ClN2O2S. The van der Waals surface area contributed by atoms with Crippen molar-refractivity contribution in [1.82, 2.24) is 10.0 Å². The zero-order valence-electron chi connectivity index (χ0n) is 10.8. The van der Waals surface area contributed by atoms with Gasteiger partial charge in [-0.15, -0.1) is 0 Å². The molecule has 0 heterocycles. The minimum atomic E-state index is -3.55. The van der Waals surface area contributed by atoms with Crippen molar-refractivity contribution in [2.24, 2.45) is 0 Å². The number of hydrogen-bond donors (Lipinski definition) is 2. The van der Waals surface area contributed by atoms with Crippen molar-refractivity contribution in [3.8, 4) is 0 Å². The zero-order valence-corrected chi connectivity index (χ0v) is 12.4. The summed E-state index contributed by atoms with van der Waals surface area (Å²) >= 11 is 5.96. The van der Waals surface area contributed by atoms with Crippen molar-refractivity contribution in [2.75, 3.05) is 6.54 Å². The van der Waals surface area contributed by atoms with Gasteiger partial charge >= 0.3 is 0 Å². The lowest BCUT2D eigenvalue weighted by Crippen LogP contribution is -2.30. The topological polar surface area (TPSA) is 58.2 Å². The highest BCUT2D eigenvalue weighted by atomic mass is 35.5. The summed E-state index contributed by atoms with van der Waals surface area (Å²) in [4.78, 5) is 0.133. The highest BCUT2D eigenvalue weighted by Gasteiger charge is 2.19. The van der Waals surface area contributed by atoms with E-state index in [-0.39, 0.29) is 16.0 Å². The fraction of sp³-hybridized carbons (Fsp3) is 0.500. The molecule has 0 aromatic heterocycles. The van der Waals surface area contributed by atoms with Crippen molar-refractivity contribution in [1.29, 1.82) is 0 Å². The van der Waals surface area contributed by atoms with E-state index >= 15 is 0 Å². The molecule has 0 aliphatic heterocycles. The minimum absolute atomic E-state index is 0.133. The second-order valence-corrected chi connectivity index (χ2v) is 6.41. The van der Waals surface area contributed by atoms with Crippen LogP contribution >= 0.6 is 11.6 Å². The fourth-order valence-corrected chi connectivity index (χ4v) is 3.31. The average Bonchev–Trinajstić information content (AvgIpc) is 2.26. The predicted molar refractivity (Wildman–Crippen MR) is 74.3 cm³/mol. The Morgan fingerprint density at radius 3 is 2.56 bits per heavy atom. The molecule has 0 aliphatic carbocycles. The third kappa shape index (κ3) is 4.24. The number of sulfonamides is 1. The summed E-state index contributed by atoms with van der Waals surface area (Å²) in [6.45, 7) is 6.99. The quantitative estimate of drug-likeness (QED) is 0.844. The lowest BCUT2D eigenvalue weighted by Gasteiger charge is -2.12. The van der Waals surface area contributed by atoms with E-state index in [9.17, 15) is 8.42 Å². The number of rotatable bonds is 6. The van der Waals surface area contributed by atoms with E-state index in [1.807, 2.05) is 13.0 Å². The van der Waals surface area contributed by atoms with Crippen LogP contribution in [-0.4, -0.2) is 21.0 Å². The molecule has 6 heteroatoms. The van der Waals surface area contributed by atoms with Crippen LogP contribution in [0.1, 0.15) is 26.3 Å². The molecule has 1 rings (SSSR count). The van der Waals surface area contributed by atoms with Crippen molar-refractivity contribution in [2.45, 2.75) is 38.3 Å². The Bertz CT molecular complexity index is 501. The van der Waals surface area contributed by atoms with Gasteiger partial charge in [-0.3, -0.25) is 0 Å². The van der Waals surface area contributed by atoms with Crippen molar-refractivity contribution in [3.05, 3.63) is 28.8 Å². The van der Waals surface area contributed by atoms with Gasteiger partial charge in [0.05, 0.1) is 5.02 Å². The summed E-state index contributed by atoms with van der Waals surface area (Å²) in [6, 6.07) is 4.88. The maximum Gasteiger partial charge on any atom is 0.242 e. The molecule has 0 amide bonds. The van der Waals surface area contributed by atoms with Crippen LogP contribution in [0.3, 0.4) is 0 Å². The molecule has 0 radical (unpaired) electrons. The Balaban J connectivity index is 3.07. The normalized spacial score (nSPS) is 12.1. The van der Waals surface area contributed by atoms with E-state index in [0.29, 0.717) is 6.54 Å². The standard InChI is InChI=1S/C12H19ClN2O2S/c1-4-14-8-10-5-6-11(13)12(7-10)18(16,17)15-9(2)3/h5-7,9,14-15H,4,8H2,1-3H3. The van der Waals surface area contributed by atoms with Crippen LogP contribution in [0.4, 0.5) is 0 Å². The van der Waals surface area contributed by atoms with Gasteiger partial charge in [-0.25, -0.2) is 13.1 Å². The van der Waals surface area contributed by atoms with E-state index < -0.39 is 10.0 Å². The molecule has 1 aromatic rings. The van der Waals surface area contributed by atoms with Gasteiger partial charge in [0.1, 0.15) is 4.90 Å². The largest absolute Gasteiger partial charge is 0.313 e. The minimum Gasteiger partial charge on any atom is -0.313 e. The van der Waals surface area contributed by atoms with Gasteiger partial charge in [0, 0.05) is 12.6 Å². The average molecular weight is 291 g/mol.